The molecular formula is C11H11BrF2N4. The van der Waals surface area contributed by atoms with Gasteiger partial charge in [-0.2, -0.15) is 5.10 Å². The maximum Gasteiger partial charge on any atom is 0.164 e. The first-order valence-corrected chi connectivity index (χ1v) is 5.93. The van der Waals surface area contributed by atoms with E-state index < -0.39 is 17.7 Å². The molecule has 1 heterocycles. The molecule has 4 nitrogen and oxygen atoms in total. The minimum Gasteiger partial charge on any atom is -0.271 e. The van der Waals surface area contributed by atoms with Gasteiger partial charge in [0.05, 0.1) is 22.4 Å². The lowest BCUT2D eigenvalue weighted by Crippen LogP contribution is -2.31. The van der Waals surface area contributed by atoms with E-state index in [1.807, 2.05) is 0 Å². The van der Waals surface area contributed by atoms with E-state index in [0.717, 1.165) is 6.07 Å². The molecule has 1 unspecified atom stereocenters. The molecule has 0 aliphatic rings. The molecule has 0 radical (unpaired) electrons. The fraction of sp³-hybridized carbons (Fsp3) is 0.182. The highest BCUT2D eigenvalue weighted by atomic mass is 79.9. The van der Waals surface area contributed by atoms with E-state index in [1.54, 1.807) is 17.9 Å². The summed E-state index contributed by atoms with van der Waals surface area (Å²) < 4.78 is 29.2. The minimum absolute atomic E-state index is 0.127. The van der Waals surface area contributed by atoms with Crippen molar-refractivity contribution in [2.45, 2.75) is 6.04 Å². The highest BCUT2D eigenvalue weighted by Gasteiger charge is 2.23. The molecule has 0 amide bonds. The molecule has 0 aliphatic carbocycles. The number of aromatic nitrogens is 2. The van der Waals surface area contributed by atoms with Crippen LogP contribution in [-0.4, -0.2) is 9.78 Å². The molecule has 0 fully saturated rings. The standard InChI is InChI=1S/C11H11BrF2N4/c1-18-11(7(12)5-16-18)10(17-15)6-3-2-4-8(13)9(6)14/h2-5,10,17H,15H2,1H3. The molecule has 1 atom stereocenters. The lowest BCUT2D eigenvalue weighted by atomic mass is 10.0. The molecule has 18 heavy (non-hydrogen) atoms. The summed E-state index contributed by atoms with van der Waals surface area (Å²) in [5.41, 5.74) is 3.21. The van der Waals surface area contributed by atoms with Gasteiger partial charge in [0.2, 0.25) is 0 Å². The molecule has 0 bridgehead atoms. The Labute approximate surface area is 111 Å². The monoisotopic (exact) mass is 316 g/mol. The van der Waals surface area contributed by atoms with Gasteiger partial charge < -0.3 is 0 Å². The second-order valence-corrected chi connectivity index (χ2v) is 4.60. The summed E-state index contributed by atoms with van der Waals surface area (Å²) in [7, 11) is 1.70. The van der Waals surface area contributed by atoms with Crippen LogP contribution in [0.25, 0.3) is 0 Å². The number of hydrogen-bond acceptors (Lipinski definition) is 3. The van der Waals surface area contributed by atoms with Crippen molar-refractivity contribution >= 4 is 15.9 Å². The summed E-state index contributed by atoms with van der Waals surface area (Å²) in [5.74, 6) is 3.62. The van der Waals surface area contributed by atoms with Crippen LogP contribution in [0.3, 0.4) is 0 Å². The van der Waals surface area contributed by atoms with Crippen molar-refractivity contribution in [1.82, 2.24) is 15.2 Å². The molecule has 1 aromatic carbocycles. The zero-order valence-electron chi connectivity index (χ0n) is 9.49. The Bertz CT molecular complexity index is 551. The van der Waals surface area contributed by atoms with Crippen LogP contribution < -0.4 is 11.3 Å². The number of benzene rings is 1. The number of nitrogens with zero attached hydrogens (tertiary/aromatic N) is 2. The van der Waals surface area contributed by atoms with Crippen LogP contribution in [0.1, 0.15) is 17.3 Å². The molecule has 1 aromatic heterocycles. The fourth-order valence-corrected chi connectivity index (χ4v) is 2.38. The first-order chi connectivity index (χ1) is 8.56. The number of nitrogens with two attached hydrogens (primary N) is 1. The summed E-state index contributed by atoms with van der Waals surface area (Å²) in [6, 6.07) is 3.28. The Hall–Kier alpha value is -1.31. The predicted octanol–water partition coefficient (Wildman–Crippen LogP) is 2.01. The molecule has 96 valence electrons. The molecule has 3 N–H and O–H groups in total. The molecule has 2 rings (SSSR count). The van der Waals surface area contributed by atoms with Gasteiger partial charge in [-0.3, -0.25) is 10.5 Å². The summed E-state index contributed by atoms with van der Waals surface area (Å²) in [5, 5.41) is 4.02. The largest absolute Gasteiger partial charge is 0.271 e. The molecule has 7 heteroatoms. The minimum atomic E-state index is -0.923. The van der Waals surface area contributed by atoms with Crippen molar-refractivity contribution in [3.8, 4) is 0 Å². The first-order valence-electron chi connectivity index (χ1n) is 5.13. The molecule has 2 aromatic rings. The van der Waals surface area contributed by atoms with Gasteiger partial charge in [-0.05, 0) is 22.0 Å². The Morgan fingerprint density at radius 3 is 2.72 bits per heavy atom. The molecule has 0 saturated heterocycles. The van der Waals surface area contributed by atoms with E-state index in [0.29, 0.717) is 10.2 Å². The second-order valence-electron chi connectivity index (χ2n) is 3.74. The zero-order chi connectivity index (χ0) is 13.3. The van der Waals surface area contributed by atoms with Gasteiger partial charge in [0.25, 0.3) is 0 Å². The van der Waals surface area contributed by atoms with Crippen LogP contribution in [0.5, 0.6) is 0 Å². The Morgan fingerprint density at radius 2 is 2.17 bits per heavy atom. The highest BCUT2D eigenvalue weighted by Crippen LogP contribution is 2.29. The van der Waals surface area contributed by atoms with Crippen LogP contribution in [-0.2, 0) is 7.05 Å². The van der Waals surface area contributed by atoms with E-state index >= 15 is 0 Å². The number of nitrogens with one attached hydrogen (secondary N) is 1. The van der Waals surface area contributed by atoms with Crippen molar-refractivity contribution in [3.63, 3.8) is 0 Å². The number of hydrogen-bond donors (Lipinski definition) is 2. The van der Waals surface area contributed by atoms with Crippen LogP contribution in [0.15, 0.2) is 28.9 Å². The lowest BCUT2D eigenvalue weighted by Gasteiger charge is -2.18. The molecule has 0 aliphatic heterocycles. The van der Waals surface area contributed by atoms with Crippen molar-refractivity contribution in [2.24, 2.45) is 12.9 Å². The predicted molar refractivity (Wildman–Crippen MR) is 66.4 cm³/mol. The number of aryl methyl sites for hydroxylation is 1. The fourth-order valence-electron chi connectivity index (χ4n) is 1.80. The molecular weight excluding hydrogens is 306 g/mol. The second kappa shape index (κ2) is 5.13. The summed E-state index contributed by atoms with van der Waals surface area (Å²) in [6.07, 6.45) is 1.57. The van der Waals surface area contributed by atoms with Crippen molar-refractivity contribution in [2.75, 3.05) is 0 Å². The van der Waals surface area contributed by atoms with Crippen molar-refractivity contribution in [1.29, 1.82) is 0 Å². The Balaban J connectivity index is 2.56. The number of hydrazine groups is 1. The number of rotatable bonds is 3. The number of halogens is 3. The topological polar surface area (TPSA) is 55.9 Å². The smallest absolute Gasteiger partial charge is 0.164 e. The quantitative estimate of drug-likeness (QED) is 0.673. The van der Waals surface area contributed by atoms with E-state index in [9.17, 15) is 8.78 Å². The highest BCUT2D eigenvalue weighted by molar-refractivity contribution is 9.10. The van der Waals surface area contributed by atoms with E-state index in [-0.39, 0.29) is 5.56 Å². The van der Waals surface area contributed by atoms with Crippen LogP contribution in [0.4, 0.5) is 8.78 Å². The van der Waals surface area contributed by atoms with Crippen LogP contribution >= 0.6 is 15.9 Å². The lowest BCUT2D eigenvalue weighted by molar-refractivity contribution is 0.475. The SMILES string of the molecule is Cn1ncc(Br)c1C(NN)c1cccc(F)c1F. The third-order valence-electron chi connectivity index (χ3n) is 2.67. The summed E-state index contributed by atoms with van der Waals surface area (Å²) in [6.45, 7) is 0. The van der Waals surface area contributed by atoms with Crippen LogP contribution in [0, 0.1) is 11.6 Å². The van der Waals surface area contributed by atoms with Crippen LogP contribution in [0.2, 0.25) is 0 Å². The van der Waals surface area contributed by atoms with Crippen molar-refractivity contribution < 1.29 is 8.78 Å². The van der Waals surface area contributed by atoms with E-state index in [2.05, 4.69) is 26.5 Å². The van der Waals surface area contributed by atoms with Gasteiger partial charge >= 0.3 is 0 Å². The van der Waals surface area contributed by atoms with Gasteiger partial charge in [-0.15, -0.1) is 0 Å². The first kappa shape index (κ1) is 13.1. The van der Waals surface area contributed by atoms with Crippen molar-refractivity contribution in [3.05, 3.63) is 51.8 Å². The zero-order valence-corrected chi connectivity index (χ0v) is 11.1. The summed E-state index contributed by atoms with van der Waals surface area (Å²) >= 11 is 3.30. The van der Waals surface area contributed by atoms with Gasteiger partial charge in [-0.25, -0.2) is 14.2 Å². The normalized spacial score (nSPS) is 12.7. The third-order valence-corrected chi connectivity index (χ3v) is 3.28. The van der Waals surface area contributed by atoms with E-state index in [1.165, 1.54) is 12.1 Å². The Kier molecular flexibility index (Phi) is 3.74. The average Bonchev–Trinajstić information content (AvgIpc) is 2.67. The maximum absolute atomic E-state index is 13.8. The van der Waals surface area contributed by atoms with Gasteiger partial charge in [0.15, 0.2) is 11.6 Å². The molecule has 0 saturated carbocycles. The van der Waals surface area contributed by atoms with Gasteiger partial charge in [0, 0.05) is 12.6 Å². The average molecular weight is 317 g/mol. The Morgan fingerprint density at radius 1 is 1.44 bits per heavy atom. The molecule has 0 spiro atoms. The van der Waals surface area contributed by atoms with Gasteiger partial charge in [-0.1, -0.05) is 12.1 Å². The van der Waals surface area contributed by atoms with E-state index in [4.69, 9.17) is 5.84 Å². The third kappa shape index (κ3) is 2.16. The van der Waals surface area contributed by atoms with Gasteiger partial charge in [0.1, 0.15) is 0 Å². The summed E-state index contributed by atoms with van der Waals surface area (Å²) in [4.78, 5) is 0. The maximum atomic E-state index is 13.8.